The minimum atomic E-state index is -0.389. The SMILES string of the molecule is CCCCCCc1ccc(C(=O)OC(C)C(C)C(C)OC(=O)c2ccc(CCCCCC)cc2)cc1. The molecule has 4 nitrogen and oxygen atoms in total. The highest BCUT2D eigenvalue weighted by atomic mass is 16.6. The smallest absolute Gasteiger partial charge is 0.338 e. The van der Waals surface area contributed by atoms with Crippen molar-refractivity contribution in [2.75, 3.05) is 0 Å². The molecule has 0 aliphatic heterocycles. The quantitative estimate of drug-likeness (QED) is 0.174. The van der Waals surface area contributed by atoms with Crippen LogP contribution in [0.3, 0.4) is 0 Å². The Morgan fingerprint density at radius 3 is 1.28 bits per heavy atom. The van der Waals surface area contributed by atoms with Gasteiger partial charge in [0.15, 0.2) is 0 Å². The van der Waals surface area contributed by atoms with E-state index in [0.717, 1.165) is 12.8 Å². The van der Waals surface area contributed by atoms with E-state index >= 15 is 0 Å². The molecule has 0 bridgehead atoms. The fourth-order valence-electron chi connectivity index (χ4n) is 4.20. The molecule has 2 unspecified atom stereocenters. The Balaban J connectivity index is 1.81. The van der Waals surface area contributed by atoms with E-state index in [0.29, 0.717) is 11.1 Å². The van der Waals surface area contributed by atoms with Crippen LogP contribution in [0, 0.1) is 5.92 Å². The molecule has 0 saturated carbocycles. The Kier molecular flexibility index (Phi) is 13.3. The predicted octanol–water partition coefficient (Wildman–Crippen LogP) is 8.36. The third kappa shape index (κ3) is 10.2. The number of carbonyl (C=O) groups excluding carboxylic acids is 2. The summed E-state index contributed by atoms with van der Waals surface area (Å²) in [6.07, 6.45) is 11.1. The Labute approximate surface area is 218 Å². The van der Waals surface area contributed by atoms with Crippen LogP contribution in [0.4, 0.5) is 0 Å². The average Bonchev–Trinajstić information content (AvgIpc) is 2.89. The number of benzene rings is 2. The van der Waals surface area contributed by atoms with Crippen molar-refractivity contribution in [3.8, 4) is 0 Å². The third-order valence-corrected chi connectivity index (χ3v) is 7.08. The van der Waals surface area contributed by atoms with E-state index in [2.05, 4.69) is 13.8 Å². The van der Waals surface area contributed by atoms with Crippen LogP contribution in [0.1, 0.15) is 118 Å². The van der Waals surface area contributed by atoms with Crippen LogP contribution in [0.2, 0.25) is 0 Å². The van der Waals surface area contributed by atoms with E-state index in [-0.39, 0.29) is 30.1 Å². The zero-order valence-electron chi connectivity index (χ0n) is 23.1. The highest BCUT2D eigenvalue weighted by Gasteiger charge is 2.26. The van der Waals surface area contributed by atoms with Gasteiger partial charge in [0.2, 0.25) is 0 Å². The molecule has 0 fully saturated rings. The summed E-state index contributed by atoms with van der Waals surface area (Å²) in [6, 6.07) is 15.4. The highest BCUT2D eigenvalue weighted by molar-refractivity contribution is 5.90. The number of unbranched alkanes of at least 4 members (excludes halogenated alkanes) is 6. The van der Waals surface area contributed by atoms with Crippen LogP contribution in [0.15, 0.2) is 48.5 Å². The number of hydrogen-bond donors (Lipinski definition) is 0. The molecule has 36 heavy (non-hydrogen) atoms. The minimum absolute atomic E-state index is 0.145. The normalized spacial score (nSPS) is 13.6. The van der Waals surface area contributed by atoms with Crippen molar-refractivity contribution >= 4 is 11.9 Å². The molecule has 4 heteroatoms. The summed E-state index contributed by atoms with van der Waals surface area (Å²) in [6.45, 7) is 10.1. The third-order valence-electron chi connectivity index (χ3n) is 7.08. The van der Waals surface area contributed by atoms with Crippen molar-refractivity contribution in [2.24, 2.45) is 5.92 Å². The van der Waals surface area contributed by atoms with Crippen LogP contribution in [0.25, 0.3) is 0 Å². The topological polar surface area (TPSA) is 52.6 Å². The molecule has 2 aromatic rings. The van der Waals surface area contributed by atoms with E-state index in [1.54, 1.807) is 0 Å². The summed E-state index contributed by atoms with van der Waals surface area (Å²) >= 11 is 0. The lowest BCUT2D eigenvalue weighted by Crippen LogP contribution is -2.32. The Morgan fingerprint density at radius 2 is 0.944 bits per heavy atom. The first-order chi connectivity index (χ1) is 17.3. The summed E-state index contributed by atoms with van der Waals surface area (Å²) in [4.78, 5) is 25.3. The maximum Gasteiger partial charge on any atom is 0.338 e. The summed E-state index contributed by atoms with van der Waals surface area (Å²) < 4.78 is 11.4. The van der Waals surface area contributed by atoms with Gasteiger partial charge in [-0.15, -0.1) is 0 Å². The van der Waals surface area contributed by atoms with Gasteiger partial charge in [0.05, 0.1) is 11.1 Å². The second kappa shape index (κ2) is 16.2. The van der Waals surface area contributed by atoms with E-state index < -0.39 is 0 Å². The minimum Gasteiger partial charge on any atom is -0.459 e. The van der Waals surface area contributed by atoms with Crippen LogP contribution in [-0.4, -0.2) is 24.1 Å². The molecule has 0 aliphatic rings. The van der Waals surface area contributed by atoms with Gasteiger partial charge in [0, 0.05) is 5.92 Å². The number of esters is 2. The molecule has 0 aromatic heterocycles. The Bertz CT molecular complexity index is 825. The van der Waals surface area contributed by atoms with Gasteiger partial charge >= 0.3 is 11.9 Å². The van der Waals surface area contributed by atoms with Gasteiger partial charge in [-0.25, -0.2) is 9.59 Å². The van der Waals surface area contributed by atoms with Crippen molar-refractivity contribution in [3.05, 3.63) is 70.8 Å². The number of carbonyl (C=O) groups is 2. The Hall–Kier alpha value is -2.62. The van der Waals surface area contributed by atoms with Gasteiger partial charge in [-0.3, -0.25) is 0 Å². The second-order valence-corrected chi connectivity index (χ2v) is 10.1. The highest BCUT2D eigenvalue weighted by Crippen LogP contribution is 2.19. The molecule has 2 atom stereocenters. The van der Waals surface area contributed by atoms with Crippen LogP contribution in [0.5, 0.6) is 0 Å². The maximum atomic E-state index is 12.6. The first-order valence-corrected chi connectivity index (χ1v) is 14.0. The second-order valence-electron chi connectivity index (χ2n) is 10.1. The standard InChI is InChI=1S/C32H46O4/c1-6-8-10-12-14-27-16-20-29(21-17-27)31(33)35-25(4)24(3)26(5)36-32(34)30-22-18-28(19-23-30)15-13-11-9-7-2/h16-26H,6-15H2,1-5H3. The first-order valence-electron chi connectivity index (χ1n) is 14.0. The van der Waals surface area contributed by atoms with Gasteiger partial charge < -0.3 is 9.47 Å². The molecule has 0 spiro atoms. The van der Waals surface area contributed by atoms with Crippen LogP contribution >= 0.6 is 0 Å². The molecule has 0 radical (unpaired) electrons. The van der Waals surface area contributed by atoms with Crippen molar-refractivity contribution in [2.45, 2.75) is 111 Å². The lowest BCUT2D eigenvalue weighted by atomic mass is 10.00. The van der Waals surface area contributed by atoms with Gasteiger partial charge in [-0.2, -0.15) is 0 Å². The number of aryl methyl sites for hydroxylation is 2. The van der Waals surface area contributed by atoms with Crippen molar-refractivity contribution in [1.82, 2.24) is 0 Å². The van der Waals surface area contributed by atoms with E-state index in [1.807, 2.05) is 69.3 Å². The molecule has 0 heterocycles. The summed E-state index contributed by atoms with van der Waals surface area (Å²) in [7, 11) is 0. The monoisotopic (exact) mass is 494 g/mol. The number of ether oxygens (including phenoxy) is 2. The van der Waals surface area contributed by atoms with Gasteiger partial charge in [0.25, 0.3) is 0 Å². The summed E-state index contributed by atoms with van der Waals surface area (Å²) in [5, 5.41) is 0. The zero-order chi connectivity index (χ0) is 26.3. The van der Waals surface area contributed by atoms with Crippen molar-refractivity contribution < 1.29 is 19.1 Å². The molecule has 198 valence electrons. The molecule has 0 saturated heterocycles. The van der Waals surface area contributed by atoms with Crippen LogP contribution in [-0.2, 0) is 22.3 Å². The largest absolute Gasteiger partial charge is 0.459 e. The molecule has 0 aliphatic carbocycles. The maximum absolute atomic E-state index is 12.6. The molecular weight excluding hydrogens is 448 g/mol. The summed E-state index contributed by atoms with van der Waals surface area (Å²) in [5.41, 5.74) is 3.58. The fourth-order valence-corrected chi connectivity index (χ4v) is 4.20. The van der Waals surface area contributed by atoms with E-state index in [9.17, 15) is 9.59 Å². The lowest BCUT2D eigenvalue weighted by molar-refractivity contribution is -0.0174. The van der Waals surface area contributed by atoms with Gasteiger partial charge in [-0.05, 0) is 74.9 Å². The molecule has 2 aromatic carbocycles. The zero-order valence-corrected chi connectivity index (χ0v) is 23.1. The predicted molar refractivity (Wildman–Crippen MR) is 147 cm³/mol. The van der Waals surface area contributed by atoms with Gasteiger partial charge in [-0.1, -0.05) is 83.6 Å². The average molecular weight is 495 g/mol. The number of rotatable bonds is 16. The van der Waals surface area contributed by atoms with E-state index in [1.165, 1.54) is 62.5 Å². The van der Waals surface area contributed by atoms with Crippen LogP contribution < -0.4 is 0 Å². The molecule has 0 amide bonds. The first kappa shape index (κ1) is 29.6. The van der Waals surface area contributed by atoms with Crippen molar-refractivity contribution in [1.29, 1.82) is 0 Å². The lowest BCUT2D eigenvalue weighted by Gasteiger charge is -2.26. The Morgan fingerprint density at radius 1 is 0.583 bits per heavy atom. The molecule has 0 N–H and O–H groups in total. The van der Waals surface area contributed by atoms with Crippen molar-refractivity contribution in [3.63, 3.8) is 0 Å². The van der Waals surface area contributed by atoms with E-state index in [4.69, 9.17) is 9.47 Å². The van der Waals surface area contributed by atoms with Gasteiger partial charge in [0.1, 0.15) is 12.2 Å². The number of hydrogen-bond acceptors (Lipinski definition) is 4. The molecule has 2 rings (SSSR count). The fraction of sp³-hybridized carbons (Fsp3) is 0.562. The molecular formula is C32H46O4. The summed E-state index contributed by atoms with van der Waals surface area (Å²) in [5.74, 6) is -0.839.